The summed E-state index contributed by atoms with van der Waals surface area (Å²) in [6, 6.07) is 3.69. The van der Waals surface area contributed by atoms with E-state index in [2.05, 4.69) is 25.3 Å². The molecular formula is C36H44FN5O7S2. The number of hydrogen-bond donors (Lipinski definition) is 3. The van der Waals surface area contributed by atoms with Crippen LogP contribution in [0.5, 0.6) is 11.5 Å². The lowest BCUT2D eigenvalue weighted by Gasteiger charge is -2.28. The van der Waals surface area contributed by atoms with Crippen LogP contribution in [0.25, 0.3) is 21.6 Å². The Morgan fingerprint density at radius 3 is 2.65 bits per heavy atom. The number of nitrogens with zero attached hydrogens (tertiary/aromatic N) is 2. The number of pyridine rings is 1. The van der Waals surface area contributed by atoms with Gasteiger partial charge in [0.25, 0.3) is 5.91 Å². The van der Waals surface area contributed by atoms with E-state index in [-0.39, 0.29) is 49.0 Å². The number of fused-ring (bicyclic) bond motifs is 2. The minimum absolute atomic E-state index is 0.00267. The highest BCUT2D eigenvalue weighted by atomic mass is 32.2. The SMILES string of the molecule is COc1ccc2c(OCC[C@@H]3NC(=O)CCCCC/C=C\[C@@H]4C[C@@]4(C(=O)NS(=O)(=O)C4CCC4)NC3=O)cc(-c3nc(C(C)C)cs3)nc2c1F. The Morgan fingerprint density at radius 2 is 1.94 bits per heavy atom. The minimum Gasteiger partial charge on any atom is -0.494 e. The number of rotatable bonds is 10. The Balaban J connectivity index is 1.25. The second kappa shape index (κ2) is 15.2. The van der Waals surface area contributed by atoms with Crippen molar-refractivity contribution >= 4 is 50.0 Å². The minimum atomic E-state index is -3.89. The first kappa shape index (κ1) is 36.7. The van der Waals surface area contributed by atoms with Crippen molar-refractivity contribution in [2.24, 2.45) is 5.92 Å². The van der Waals surface area contributed by atoms with Gasteiger partial charge < -0.3 is 20.1 Å². The molecule has 3 atom stereocenters. The maximum absolute atomic E-state index is 15.5. The summed E-state index contributed by atoms with van der Waals surface area (Å²) in [6.45, 7) is 3.98. The average Bonchev–Trinajstić information content (AvgIpc) is 3.51. The second-order valence-electron chi connectivity index (χ2n) is 13.8. The number of carbonyl (C=O) groups is 3. The summed E-state index contributed by atoms with van der Waals surface area (Å²) in [5.41, 5.74) is -0.150. The standard InChI is InChI=1S/C36H44FN5O7S2/c1-21(2)27-20-50-34(40-27)26-18-29(24-14-15-28(48-3)31(37)32(24)39-26)49-17-16-25-33(44)41-36(35(45)42-51(46,47)23-11-9-12-23)19-22(36)10-7-5-4-6-8-13-30(43)38-25/h7,10,14-15,18,20-23,25H,4-6,8-9,11-13,16-17,19H2,1-3H3,(H,38,43)(H,41,44)(H,42,45)/b10-7-/t22-,25+,36-/m1/s1. The van der Waals surface area contributed by atoms with Crippen molar-refractivity contribution in [3.63, 3.8) is 0 Å². The molecule has 3 heterocycles. The van der Waals surface area contributed by atoms with E-state index >= 15 is 4.39 Å². The van der Waals surface area contributed by atoms with E-state index in [1.54, 1.807) is 12.1 Å². The number of ether oxygens (including phenoxy) is 2. The largest absolute Gasteiger partial charge is 0.494 e. The van der Waals surface area contributed by atoms with Gasteiger partial charge in [-0.15, -0.1) is 11.3 Å². The van der Waals surface area contributed by atoms with Crippen LogP contribution in [0.15, 0.2) is 35.7 Å². The van der Waals surface area contributed by atoms with Gasteiger partial charge in [0.15, 0.2) is 11.6 Å². The van der Waals surface area contributed by atoms with Crippen LogP contribution < -0.4 is 24.8 Å². The van der Waals surface area contributed by atoms with Crippen LogP contribution in [-0.4, -0.2) is 66.7 Å². The lowest BCUT2D eigenvalue weighted by atomic mass is 10.0. The summed E-state index contributed by atoms with van der Waals surface area (Å²) in [5.74, 6) is -2.28. The molecule has 2 fully saturated rings. The molecular weight excluding hydrogens is 698 g/mol. The average molecular weight is 742 g/mol. The molecule has 2 aromatic heterocycles. The molecule has 12 nitrogen and oxygen atoms in total. The maximum Gasteiger partial charge on any atom is 0.259 e. The molecule has 1 aromatic carbocycles. The molecule has 3 N–H and O–H groups in total. The summed E-state index contributed by atoms with van der Waals surface area (Å²) in [5, 5.41) is 7.88. The molecule has 2 saturated carbocycles. The van der Waals surface area contributed by atoms with E-state index in [0.29, 0.717) is 41.1 Å². The Kier molecular flexibility index (Phi) is 11.0. The fraction of sp³-hybridized carbons (Fsp3) is 0.528. The number of halogens is 1. The van der Waals surface area contributed by atoms with Crippen molar-refractivity contribution < 1.29 is 36.7 Å². The van der Waals surface area contributed by atoms with Crippen LogP contribution in [0.3, 0.4) is 0 Å². The predicted molar refractivity (Wildman–Crippen MR) is 191 cm³/mol. The Hall–Kier alpha value is -4.11. The number of hydrogen-bond acceptors (Lipinski definition) is 10. The van der Waals surface area contributed by atoms with Gasteiger partial charge in [0.1, 0.15) is 33.5 Å². The molecule has 0 bridgehead atoms. The molecule has 3 aromatic rings. The van der Waals surface area contributed by atoms with Crippen molar-refractivity contribution in [2.75, 3.05) is 13.7 Å². The summed E-state index contributed by atoms with van der Waals surface area (Å²) < 4.78 is 54.9. The smallest absolute Gasteiger partial charge is 0.259 e. The molecule has 0 radical (unpaired) electrons. The highest BCUT2D eigenvalue weighted by molar-refractivity contribution is 7.90. The molecule has 2 aliphatic carbocycles. The Bertz CT molecular complexity index is 1940. The van der Waals surface area contributed by atoms with Crippen molar-refractivity contribution in [2.45, 2.75) is 101 Å². The van der Waals surface area contributed by atoms with Crippen LogP contribution in [0.4, 0.5) is 4.39 Å². The summed E-state index contributed by atoms with van der Waals surface area (Å²) in [6.07, 6.45) is 9.06. The van der Waals surface area contributed by atoms with Gasteiger partial charge in [0, 0.05) is 35.6 Å². The number of amides is 3. The normalized spacial score (nSPS) is 23.7. The highest BCUT2D eigenvalue weighted by Gasteiger charge is 2.61. The van der Waals surface area contributed by atoms with E-state index in [1.807, 2.05) is 31.4 Å². The lowest BCUT2D eigenvalue weighted by molar-refractivity contribution is -0.132. The van der Waals surface area contributed by atoms with Gasteiger partial charge in [0.05, 0.1) is 24.7 Å². The molecule has 1 aliphatic heterocycles. The number of nitrogens with one attached hydrogen (secondary N) is 3. The third-order valence-electron chi connectivity index (χ3n) is 9.85. The van der Waals surface area contributed by atoms with Gasteiger partial charge in [-0.2, -0.15) is 0 Å². The third kappa shape index (κ3) is 8.03. The zero-order valence-electron chi connectivity index (χ0n) is 29.0. The first-order chi connectivity index (χ1) is 24.4. The quantitative estimate of drug-likeness (QED) is 0.235. The molecule has 3 aliphatic rings. The molecule has 274 valence electrons. The van der Waals surface area contributed by atoms with Gasteiger partial charge >= 0.3 is 0 Å². The van der Waals surface area contributed by atoms with Crippen LogP contribution in [0, 0.1) is 11.7 Å². The fourth-order valence-corrected chi connectivity index (χ4v) is 8.85. The number of thiazole rings is 1. The van der Waals surface area contributed by atoms with Crippen LogP contribution in [0.2, 0.25) is 0 Å². The van der Waals surface area contributed by atoms with Gasteiger partial charge in [-0.05, 0) is 56.6 Å². The molecule has 51 heavy (non-hydrogen) atoms. The molecule has 6 rings (SSSR count). The first-order valence-electron chi connectivity index (χ1n) is 17.5. The zero-order valence-corrected chi connectivity index (χ0v) is 30.6. The van der Waals surface area contributed by atoms with E-state index in [4.69, 9.17) is 9.47 Å². The predicted octanol–water partition coefficient (Wildman–Crippen LogP) is 5.28. The number of methoxy groups -OCH3 is 1. The number of sulfonamides is 1. The molecule has 0 spiro atoms. The van der Waals surface area contributed by atoms with Gasteiger partial charge in [-0.1, -0.05) is 38.8 Å². The van der Waals surface area contributed by atoms with Gasteiger partial charge in [-0.25, -0.2) is 22.8 Å². The Labute approximate surface area is 301 Å². The third-order valence-corrected chi connectivity index (χ3v) is 12.6. The molecule has 15 heteroatoms. The molecule has 3 amide bonds. The monoisotopic (exact) mass is 741 g/mol. The Morgan fingerprint density at radius 1 is 1.14 bits per heavy atom. The maximum atomic E-state index is 15.5. The van der Waals surface area contributed by atoms with Crippen molar-refractivity contribution in [3.05, 3.63) is 47.2 Å². The van der Waals surface area contributed by atoms with Crippen LogP contribution >= 0.6 is 11.3 Å². The van der Waals surface area contributed by atoms with Gasteiger partial charge in [0.2, 0.25) is 21.8 Å². The lowest BCUT2D eigenvalue weighted by Crippen LogP contribution is -2.58. The first-order valence-corrected chi connectivity index (χ1v) is 19.9. The van der Waals surface area contributed by atoms with E-state index < -0.39 is 50.4 Å². The van der Waals surface area contributed by atoms with Crippen molar-refractivity contribution in [1.82, 2.24) is 25.3 Å². The van der Waals surface area contributed by atoms with Crippen molar-refractivity contribution in [1.29, 1.82) is 0 Å². The number of aromatic nitrogens is 2. The topological polar surface area (TPSA) is 166 Å². The number of allylic oxidation sites excluding steroid dienone is 1. The highest BCUT2D eigenvalue weighted by Crippen LogP contribution is 2.46. The van der Waals surface area contributed by atoms with E-state index in [9.17, 15) is 22.8 Å². The molecule has 0 unspecified atom stereocenters. The number of benzene rings is 1. The number of carbonyl (C=O) groups excluding carboxylic acids is 3. The fourth-order valence-electron chi connectivity index (χ4n) is 6.34. The second-order valence-corrected chi connectivity index (χ2v) is 16.6. The summed E-state index contributed by atoms with van der Waals surface area (Å²) in [7, 11) is -2.52. The van der Waals surface area contributed by atoms with Crippen molar-refractivity contribution in [3.8, 4) is 22.2 Å². The summed E-state index contributed by atoms with van der Waals surface area (Å²) in [4.78, 5) is 49.7. The van der Waals surface area contributed by atoms with E-state index in [0.717, 1.165) is 31.4 Å². The zero-order chi connectivity index (χ0) is 36.3. The summed E-state index contributed by atoms with van der Waals surface area (Å²) >= 11 is 1.38. The van der Waals surface area contributed by atoms with Crippen LogP contribution in [0.1, 0.15) is 89.7 Å². The van der Waals surface area contributed by atoms with E-state index in [1.165, 1.54) is 24.5 Å². The molecule has 0 saturated heterocycles. The van der Waals surface area contributed by atoms with Crippen LogP contribution in [-0.2, 0) is 24.4 Å². The van der Waals surface area contributed by atoms with Gasteiger partial charge in [-0.3, -0.25) is 19.1 Å².